The molecule has 0 spiro atoms. The summed E-state index contributed by atoms with van der Waals surface area (Å²) in [6.45, 7) is 1.55. The number of aromatic nitrogens is 2. The lowest BCUT2D eigenvalue weighted by atomic mass is 10.2. The number of allylic oxidation sites excluding steroid dienone is 2. The van der Waals surface area contributed by atoms with Gasteiger partial charge in [-0.3, -0.25) is 9.36 Å². The van der Waals surface area contributed by atoms with Crippen molar-refractivity contribution in [3.05, 3.63) is 59.8 Å². The molecule has 3 rings (SSSR count). The average Bonchev–Trinajstić information content (AvgIpc) is 3.05. The Kier molecular flexibility index (Phi) is 5.48. The highest BCUT2D eigenvalue weighted by Crippen LogP contribution is 2.29. The SMILES string of the molecule is COc1ccc(-n2c(SCC(=O)/C(C#N)=C(/C)N)nc3ccccc32)cc1. The van der Waals surface area contributed by atoms with Crippen LogP contribution in [0.5, 0.6) is 5.75 Å². The molecule has 3 aromatic rings. The molecule has 0 saturated heterocycles. The van der Waals surface area contributed by atoms with Crippen molar-refractivity contribution < 1.29 is 9.53 Å². The maximum absolute atomic E-state index is 12.3. The quantitative estimate of drug-likeness (QED) is 0.401. The molecule has 7 heteroatoms. The number of hydrogen-bond donors (Lipinski definition) is 1. The highest BCUT2D eigenvalue weighted by atomic mass is 32.2. The van der Waals surface area contributed by atoms with Gasteiger partial charge < -0.3 is 10.5 Å². The molecule has 0 fully saturated rings. The van der Waals surface area contributed by atoms with Crippen molar-refractivity contribution in [2.45, 2.75) is 12.1 Å². The van der Waals surface area contributed by atoms with E-state index in [-0.39, 0.29) is 22.8 Å². The van der Waals surface area contributed by atoms with Crippen molar-refractivity contribution in [2.24, 2.45) is 5.73 Å². The Balaban J connectivity index is 1.99. The Labute approximate surface area is 161 Å². The summed E-state index contributed by atoms with van der Waals surface area (Å²) in [7, 11) is 1.62. The minimum Gasteiger partial charge on any atom is -0.497 e. The molecular weight excluding hydrogens is 360 g/mol. The first-order chi connectivity index (χ1) is 13.0. The van der Waals surface area contributed by atoms with E-state index in [1.165, 1.54) is 11.8 Å². The van der Waals surface area contributed by atoms with E-state index in [2.05, 4.69) is 4.98 Å². The van der Waals surface area contributed by atoms with E-state index in [1.54, 1.807) is 14.0 Å². The normalized spacial score (nSPS) is 11.7. The number of carbonyl (C=O) groups is 1. The number of ketones is 1. The van der Waals surface area contributed by atoms with Crippen molar-refractivity contribution in [1.29, 1.82) is 5.26 Å². The van der Waals surface area contributed by atoms with Gasteiger partial charge in [0, 0.05) is 11.4 Å². The predicted molar refractivity (Wildman–Crippen MR) is 106 cm³/mol. The van der Waals surface area contributed by atoms with Crippen LogP contribution < -0.4 is 10.5 Å². The van der Waals surface area contributed by atoms with Crippen molar-refractivity contribution in [3.8, 4) is 17.5 Å². The van der Waals surface area contributed by atoms with Gasteiger partial charge in [-0.05, 0) is 43.3 Å². The van der Waals surface area contributed by atoms with Crippen LogP contribution in [0.2, 0.25) is 0 Å². The zero-order valence-corrected chi connectivity index (χ0v) is 15.8. The molecule has 1 heterocycles. The molecule has 0 aliphatic rings. The van der Waals surface area contributed by atoms with Crippen LogP contribution in [-0.2, 0) is 4.79 Å². The number of fused-ring (bicyclic) bond motifs is 1. The van der Waals surface area contributed by atoms with E-state index < -0.39 is 0 Å². The number of carbonyl (C=O) groups excluding carboxylic acids is 1. The number of benzene rings is 2. The molecule has 0 atom stereocenters. The van der Waals surface area contributed by atoms with E-state index in [9.17, 15) is 4.79 Å². The number of nitrogens with two attached hydrogens (primary N) is 1. The van der Waals surface area contributed by atoms with E-state index >= 15 is 0 Å². The lowest BCUT2D eigenvalue weighted by Crippen LogP contribution is -2.10. The van der Waals surface area contributed by atoms with Gasteiger partial charge in [-0.2, -0.15) is 5.26 Å². The van der Waals surface area contributed by atoms with Crippen molar-refractivity contribution >= 4 is 28.6 Å². The second-order valence-corrected chi connectivity index (χ2v) is 6.74. The van der Waals surface area contributed by atoms with E-state index in [0.717, 1.165) is 22.5 Å². The van der Waals surface area contributed by atoms with Crippen LogP contribution in [0.4, 0.5) is 0 Å². The molecule has 1 aromatic heterocycles. The summed E-state index contributed by atoms with van der Waals surface area (Å²) < 4.78 is 7.21. The second-order valence-electron chi connectivity index (χ2n) is 5.80. The molecule has 0 saturated carbocycles. The van der Waals surface area contributed by atoms with Crippen LogP contribution >= 0.6 is 11.8 Å². The van der Waals surface area contributed by atoms with Crippen LogP contribution in [0, 0.1) is 11.3 Å². The zero-order chi connectivity index (χ0) is 19.4. The smallest absolute Gasteiger partial charge is 0.185 e. The summed E-state index contributed by atoms with van der Waals surface area (Å²) in [5.41, 5.74) is 8.51. The van der Waals surface area contributed by atoms with Crippen molar-refractivity contribution in [1.82, 2.24) is 9.55 Å². The monoisotopic (exact) mass is 378 g/mol. The second kappa shape index (κ2) is 7.98. The largest absolute Gasteiger partial charge is 0.497 e. The Morgan fingerprint density at radius 1 is 1.26 bits per heavy atom. The van der Waals surface area contributed by atoms with Crippen LogP contribution in [0.1, 0.15) is 6.92 Å². The van der Waals surface area contributed by atoms with Crippen LogP contribution in [0.15, 0.2) is 65.0 Å². The molecule has 136 valence electrons. The number of para-hydroxylation sites is 2. The maximum Gasteiger partial charge on any atom is 0.185 e. The van der Waals surface area contributed by atoms with Crippen molar-refractivity contribution in [3.63, 3.8) is 0 Å². The number of Topliss-reactive ketones (excluding diaryl/α,β-unsaturated/α-hetero) is 1. The van der Waals surface area contributed by atoms with Gasteiger partial charge in [-0.1, -0.05) is 23.9 Å². The molecule has 0 radical (unpaired) electrons. The van der Waals surface area contributed by atoms with Crippen LogP contribution in [-0.4, -0.2) is 28.2 Å². The molecule has 0 aliphatic heterocycles. The van der Waals surface area contributed by atoms with Gasteiger partial charge in [0.15, 0.2) is 10.9 Å². The third-order valence-electron chi connectivity index (χ3n) is 3.98. The van der Waals surface area contributed by atoms with Gasteiger partial charge in [-0.15, -0.1) is 0 Å². The lowest BCUT2D eigenvalue weighted by molar-refractivity contribution is -0.112. The average molecular weight is 378 g/mol. The first-order valence-corrected chi connectivity index (χ1v) is 9.18. The van der Waals surface area contributed by atoms with Crippen LogP contribution in [0.25, 0.3) is 16.7 Å². The number of methoxy groups -OCH3 is 1. The first-order valence-electron chi connectivity index (χ1n) is 8.19. The molecule has 0 amide bonds. The number of hydrogen-bond acceptors (Lipinski definition) is 6. The number of thioether (sulfide) groups is 1. The Morgan fingerprint density at radius 2 is 1.96 bits per heavy atom. The molecule has 0 bridgehead atoms. The maximum atomic E-state index is 12.3. The molecule has 2 N–H and O–H groups in total. The lowest BCUT2D eigenvalue weighted by Gasteiger charge is -2.10. The molecule has 6 nitrogen and oxygen atoms in total. The molecule has 27 heavy (non-hydrogen) atoms. The molecule has 2 aromatic carbocycles. The van der Waals surface area contributed by atoms with Gasteiger partial charge in [0.2, 0.25) is 0 Å². The number of ether oxygens (including phenoxy) is 1. The van der Waals surface area contributed by atoms with E-state index in [4.69, 9.17) is 15.7 Å². The summed E-state index contributed by atoms with van der Waals surface area (Å²) in [4.78, 5) is 16.9. The summed E-state index contributed by atoms with van der Waals surface area (Å²) in [6.07, 6.45) is 0. The topological polar surface area (TPSA) is 93.9 Å². The fraction of sp³-hybridized carbons (Fsp3) is 0.150. The van der Waals surface area contributed by atoms with E-state index in [1.807, 2.05) is 59.2 Å². The van der Waals surface area contributed by atoms with E-state index in [0.29, 0.717) is 5.16 Å². The van der Waals surface area contributed by atoms with Gasteiger partial charge in [0.25, 0.3) is 0 Å². The van der Waals surface area contributed by atoms with Crippen LogP contribution in [0.3, 0.4) is 0 Å². The fourth-order valence-corrected chi connectivity index (χ4v) is 3.55. The Bertz CT molecular complexity index is 1060. The van der Waals surface area contributed by atoms with Gasteiger partial charge in [0.1, 0.15) is 17.4 Å². The summed E-state index contributed by atoms with van der Waals surface area (Å²) >= 11 is 1.28. The summed E-state index contributed by atoms with van der Waals surface area (Å²) in [5.74, 6) is 0.530. The summed E-state index contributed by atoms with van der Waals surface area (Å²) in [5, 5.41) is 9.78. The number of nitriles is 1. The Morgan fingerprint density at radius 3 is 2.59 bits per heavy atom. The predicted octanol–water partition coefficient (Wildman–Crippen LogP) is 3.45. The molecule has 0 unspecified atom stereocenters. The first kappa shape index (κ1) is 18.5. The number of imidazole rings is 1. The standard InChI is InChI=1S/C20H18N4O2S/c1-13(22)16(11-21)19(25)12-27-20-23-17-5-3-4-6-18(17)24(20)14-7-9-15(26-2)10-8-14/h3-10H,12,22H2,1-2H3/b16-13-. The molecule has 0 aliphatic carbocycles. The Hall–Kier alpha value is -3.24. The number of rotatable bonds is 6. The minimum atomic E-state index is -0.309. The highest BCUT2D eigenvalue weighted by molar-refractivity contribution is 7.99. The highest BCUT2D eigenvalue weighted by Gasteiger charge is 2.17. The third kappa shape index (κ3) is 3.81. The van der Waals surface area contributed by atoms with Gasteiger partial charge in [-0.25, -0.2) is 4.98 Å². The van der Waals surface area contributed by atoms with Gasteiger partial charge in [0.05, 0.1) is 23.9 Å². The minimum absolute atomic E-state index is 0.00499. The summed E-state index contributed by atoms with van der Waals surface area (Å²) in [6, 6.07) is 17.2. The fourth-order valence-electron chi connectivity index (χ4n) is 2.65. The number of nitrogens with zero attached hydrogens (tertiary/aromatic N) is 3. The zero-order valence-electron chi connectivity index (χ0n) is 15.0. The van der Waals surface area contributed by atoms with Crippen molar-refractivity contribution in [2.75, 3.05) is 12.9 Å². The molecular formula is C20H18N4O2S. The van der Waals surface area contributed by atoms with Gasteiger partial charge >= 0.3 is 0 Å². The third-order valence-corrected chi connectivity index (χ3v) is 4.92.